The van der Waals surface area contributed by atoms with E-state index in [-0.39, 0.29) is 11.8 Å². The predicted molar refractivity (Wildman–Crippen MR) is 115 cm³/mol. The van der Waals surface area contributed by atoms with E-state index in [1.54, 1.807) is 7.11 Å². The maximum Gasteiger partial charge on any atom is 0.233 e. The molecule has 0 aliphatic carbocycles. The monoisotopic (exact) mass is 385 g/mol. The third-order valence-electron chi connectivity index (χ3n) is 5.06. The summed E-state index contributed by atoms with van der Waals surface area (Å²) in [6.45, 7) is 2.02. The number of hydrogen-bond acceptors (Lipinski definition) is 3. The molecule has 0 radical (unpaired) electrons. The van der Waals surface area contributed by atoms with Crippen molar-refractivity contribution >= 4 is 17.4 Å². The molecule has 0 unspecified atom stereocenters. The number of imidazole rings is 1. The Morgan fingerprint density at radius 1 is 1.03 bits per heavy atom. The van der Waals surface area contributed by atoms with Crippen molar-refractivity contribution in [2.75, 3.05) is 12.4 Å². The lowest BCUT2D eigenvalue weighted by Crippen LogP contribution is -2.21. The van der Waals surface area contributed by atoms with Gasteiger partial charge in [-0.2, -0.15) is 0 Å². The van der Waals surface area contributed by atoms with E-state index >= 15 is 0 Å². The molecule has 4 aromatic rings. The molecule has 1 amide bonds. The topological polar surface area (TPSA) is 55.6 Å². The number of nitrogens with zero attached hydrogens (tertiary/aromatic N) is 2. The predicted octanol–water partition coefficient (Wildman–Crippen LogP) is 5.14. The average molecular weight is 385 g/mol. The Hall–Kier alpha value is -3.60. The largest absolute Gasteiger partial charge is 0.497 e. The van der Waals surface area contributed by atoms with Gasteiger partial charge in [0.2, 0.25) is 5.91 Å². The first-order valence-corrected chi connectivity index (χ1v) is 9.68. The molecule has 0 aliphatic rings. The third-order valence-corrected chi connectivity index (χ3v) is 5.06. The number of nitrogens with one attached hydrogen (secondary N) is 1. The van der Waals surface area contributed by atoms with Crippen LogP contribution in [0.25, 0.3) is 16.9 Å². The zero-order chi connectivity index (χ0) is 20.2. The molecule has 2 aromatic carbocycles. The quantitative estimate of drug-likeness (QED) is 0.500. The first kappa shape index (κ1) is 18.7. The van der Waals surface area contributed by atoms with Crippen LogP contribution < -0.4 is 10.1 Å². The van der Waals surface area contributed by atoms with Crippen LogP contribution in [0.5, 0.6) is 5.75 Å². The van der Waals surface area contributed by atoms with Crippen LogP contribution in [0.4, 0.5) is 5.82 Å². The molecule has 0 aliphatic heterocycles. The molecule has 29 heavy (non-hydrogen) atoms. The normalized spacial score (nSPS) is 11.9. The number of carbonyl (C=O) groups is 1. The lowest BCUT2D eigenvalue weighted by molar-refractivity contribution is -0.117. The Morgan fingerprint density at radius 2 is 1.76 bits per heavy atom. The summed E-state index contributed by atoms with van der Waals surface area (Å²) in [7, 11) is 1.64. The van der Waals surface area contributed by atoms with Gasteiger partial charge in [0.1, 0.15) is 22.9 Å². The van der Waals surface area contributed by atoms with Crippen molar-refractivity contribution in [3.05, 3.63) is 84.6 Å². The lowest BCUT2D eigenvalue weighted by Gasteiger charge is -2.16. The molecule has 2 aromatic heterocycles. The Morgan fingerprint density at radius 3 is 2.45 bits per heavy atom. The molecule has 0 saturated carbocycles. The molecule has 2 heterocycles. The first-order valence-electron chi connectivity index (χ1n) is 9.68. The van der Waals surface area contributed by atoms with Gasteiger partial charge in [0.05, 0.1) is 13.0 Å². The van der Waals surface area contributed by atoms with Crippen molar-refractivity contribution in [1.82, 2.24) is 9.38 Å². The van der Waals surface area contributed by atoms with E-state index in [2.05, 4.69) is 5.32 Å². The fourth-order valence-electron chi connectivity index (χ4n) is 3.53. The maximum absolute atomic E-state index is 13.2. The zero-order valence-electron chi connectivity index (χ0n) is 16.5. The molecular formula is C24H23N3O2. The van der Waals surface area contributed by atoms with E-state index in [1.165, 1.54) is 0 Å². The van der Waals surface area contributed by atoms with Gasteiger partial charge in [-0.1, -0.05) is 43.3 Å². The van der Waals surface area contributed by atoms with Gasteiger partial charge < -0.3 is 10.1 Å². The minimum Gasteiger partial charge on any atom is -0.497 e. The number of anilines is 1. The Balaban J connectivity index is 1.74. The van der Waals surface area contributed by atoms with Crippen molar-refractivity contribution in [1.29, 1.82) is 0 Å². The molecular weight excluding hydrogens is 362 g/mol. The summed E-state index contributed by atoms with van der Waals surface area (Å²) >= 11 is 0. The van der Waals surface area contributed by atoms with E-state index < -0.39 is 0 Å². The summed E-state index contributed by atoms with van der Waals surface area (Å²) in [6.07, 6.45) is 2.62. The second-order valence-corrected chi connectivity index (χ2v) is 6.83. The zero-order valence-corrected chi connectivity index (χ0v) is 16.5. The van der Waals surface area contributed by atoms with Crippen LogP contribution in [-0.4, -0.2) is 22.4 Å². The van der Waals surface area contributed by atoms with Crippen LogP contribution in [0.15, 0.2) is 79.0 Å². The Kier molecular flexibility index (Phi) is 5.29. The van der Waals surface area contributed by atoms with Gasteiger partial charge in [-0.05, 0) is 48.4 Å². The van der Waals surface area contributed by atoms with Crippen molar-refractivity contribution in [2.24, 2.45) is 0 Å². The molecule has 146 valence electrons. The van der Waals surface area contributed by atoms with Crippen LogP contribution >= 0.6 is 0 Å². The summed E-state index contributed by atoms with van der Waals surface area (Å²) in [5.74, 6) is 1.18. The van der Waals surface area contributed by atoms with Gasteiger partial charge in [0.25, 0.3) is 0 Å². The average Bonchev–Trinajstić information content (AvgIpc) is 3.13. The summed E-state index contributed by atoms with van der Waals surface area (Å²) in [5.41, 5.74) is 3.43. The van der Waals surface area contributed by atoms with Crippen molar-refractivity contribution in [2.45, 2.75) is 19.3 Å². The van der Waals surface area contributed by atoms with Crippen LogP contribution in [0, 0.1) is 0 Å². The number of pyridine rings is 1. The smallest absolute Gasteiger partial charge is 0.233 e. The maximum atomic E-state index is 13.2. The number of amides is 1. The molecule has 1 N–H and O–H groups in total. The number of fused-ring (bicyclic) bond motifs is 1. The lowest BCUT2D eigenvalue weighted by atomic mass is 9.95. The van der Waals surface area contributed by atoms with Gasteiger partial charge in [0.15, 0.2) is 0 Å². The van der Waals surface area contributed by atoms with Crippen molar-refractivity contribution in [3.63, 3.8) is 0 Å². The first-order chi connectivity index (χ1) is 14.2. The van der Waals surface area contributed by atoms with E-state index in [1.807, 2.05) is 90.3 Å². The highest BCUT2D eigenvalue weighted by atomic mass is 16.5. The molecule has 1 atom stereocenters. The molecule has 0 saturated heterocycles. The van der Waals surface area contributed by atoms with Crippen LogP contribution in [0.2, 0.25) is 0 Å². The number of methoxy groups -OCH3 is 1. The second kappa shape index (κ2) is 8.19. The summed E-state index contributed by atoms with van der Waals surface area (Å²) in [4.78, 5) is 18.0. The SMILES string of the molecule is CC[C@H](C(=O)Nc1c(-c2ccc(OC)cc2)nc2ccccn12)c1ccccc1. The van der Waals surface area contributed by atoms with Crippen molar-refractivity contribution < 1.29 is 9.53 Å². The molecule has 4 rings (SSSR count). The van der Waals surface area contributed by atoms with Crippen molar-refractivity contribution in [3.8, 4) is 17.0 Å². The second-order valence-electron chi connectivity index (χ2n) is 6.83. The van der Waals surface area contributed by atoms with Crippen LogP contribution in [0.1, 0.15) is 24.8 Å². The highest BCUT2D eigenvalue weighted by Crippen LogP contribution is 2.31. The van der Waals surface area contributed by atoms with Gasteiger partial charge >= 0.3 is 0 Å². The van der Waals surface area contributed by atoms with E-state index in [4.69, 9.17) is 9.72 Å². The van der Waals surface area contributed by atoms with Gasteiger partial charge in [0, 0.05) is 11.8 Å². The summed E-state index contributed by atoms with van der Waals surface area (Å²) in [5, 5.41) is 3.14. The van der Waals surface area contributed by atoms with Gasteiger partial charge in [-0.3, -0.25) is 9.20 Å². The van der Waals surface area contributed by atoms with Crippen LogP contribution in [-0.2, 0) is 4.79 Å². The number of rotatable bonds is 6. The number of aromatic nitrogens is 2. The number of carbonyl (C=O) groups excluding carboxylic acids is 1. The highest BCUT2D eigenvalue weighted by Gasteiger charge is 2.22. The van der Waals surface area contributed by atoms with Gasteiger partial charge in [-0.15, -0.1) is 0 Å². The fraction of sp³-hybridized carbons (Fsp3) is 0.167. The minimum atomic E-state index is -0.228. The third kappa shape index (κ3) is 3.72. The highest BCUT2D eigenvalue weighted by molar-refractivity contribution is 5.98. The summed E-state index contributed by atoms with van der Waals surface area (Å²) < 4.78 is 7.17. The van der Waals surface area contributed by atoms with Crippen LogP contribution in [0.3, 0.4) is 0 Å². The van der Waals surface area contributed by atoms with Gasteiger partial charge in [-0.25, -0.2) is 4.98 Å². The Bertz CT molecular complexity index is 1120. The minimum absolute atomic E-state index is 0.0425. The van der Waals surface area contributed by atoms with E-state index in [0.717, 1.165) is 28.2 Å². The fourth-order valence-corrected chi connectivity index (χ4v) is 3.53. The van der Waals surface area contributed by atoms with E-state index in [0.29, 0.717) is 12.2 Å². The molecule has 0 spiro atoms. The number of ether oxygens (including phenoxy) is 1. The van der Waals surface area contributed by atoms with E-state index in [9.17, 15) is 4.79 Å². The molecule has 5 nitrogen and oxygen atoms in total. The standard InChI is InChI=1S/C24H23N3O2/c1-3-20(17-9-5-4-6-10-17)24(28)26-23-22(18-12-14-19(29-2)15-13-18)25-21-11-7-8-16-27(21)23/h4-16,20H,3H2,1-2H3,(H,26,28)/t20-/m0/s1. The number of benzene rings is 2. The summed E-state index contributed by atoms with van der Waals surface area (Å²) in [6, 6.07) is 23.3. The number of hydrogen-bond donors (Lipinski definition) is 1. The molecule has 5 heteroatoms. The molecule has 0 bridgehead atoms. The Labute approximate surface area is 170 Å². The molecule has 0 fully saturated rings.